The molecule has 1 aromatic rings. The molecule has 0 bridgehead atoms. The molecule has 1 rings (SSSR count). The van der Waals surface area contributed by atoms with Crippen LogP contribution < -0.4 is 5.32 Å². The van der Waals surface area contributed by atoms with Crippen LogP contribution in [-0.2, 0) is 6.54 Å². The van der Waals surface area contributed by atoms with Gasteiger partial charge in [0.05, 0.1) is 15.5 Å². The first kappa shape index (κ1) is 16.9. The SMILES string of the molecule is CC(C)(C)C(CCO)NCc1c(Cl)cccc1[N+](=O)[O-]. The van der Waals surface area contributed by atoms with Gasteiger partial charge in [-0.05, 0) is 17.9 Å². The van der Waals surface area contributed by atoms with Gasteiger partial charge in [0, 0.05) is 25.3 Å². The molecule has 0 aromatic heterocycles. The Bertz CT molecular complexity index is 472. The Morgan fingerprint density at radius 3 is 2.60 bits per heavy atom. The number of hydrogen-bond donors (Lipinski definition) is 2. The van der Waals surface area contributed by atoms with Crippen molar-refractivity contribution in [3.8, 4) is 0 Å². The number of rotatable bonds is 6. The number of nitrogens with zero attached hydrogens (tertiary/aromatic N) is 1. The van der Waals surface area contributed by atoms with Crippen LogP contribution in [0.4, 0.5) is 5.69 Å². The Kier molecular flexibility index (Phi) is 5.92. The average molecular weight is 301 g/mol. The van der Waals surface area contributed by atoms with E-state index in [9.17, 15) is 10.1 Å². The summed E-state index contributed by atoms with van der Waals surface area (Å²) >= 11 is 6.05. The van der Waals surface area contributed by atoms with Gasteiger partial charge in [0.2, 0.25) is 0 Å². The average Bonchev–Trinajstić information content (AvgIpc) is 2.33. The van der Waals surface area contributed by atoms with Crippen molar-refractivity contribution < 1.29 is 10.0 Å². The van der Waals surface area contributed by atoms with Crippen molar-refractivity contribution in [3.63, 3.8) is 0 Å². The van der Waals surface area contributed by atoms with Crippen molar-refractivity contribution in [1.29, 1.82) is 0 Å². The molecule has 0 aliphatic carbocycles. The van der Waals surface area contributed by atoms with Gasteiger partial charge in [-0.1, -0.05) is 38.4 Å². The van der Waals surface area contributed by atoms with Gasteiger partial charge < -0.3 is 10.4 Å². The number of nitrogens with one attached hydrogen (secondary N) is 1. The fourth-order valence-corrected chi connectivity index (χ4v) is 2.33. The molecule has 0 amide bonds. The molecule has 20 heavy (non-hydrogen) atoms. The second kappa shape index (κ2) is 7.02. The van der Waals surface area contributed by atoms with Crippen LogP contribution in [0.5, 0.6) is 0 Å². The van der Waals surface area contributed by atoms with Crippen LogP contribution in [0.15, 0.2) is 18.2 Å². The van der Waals surface area contributed by atoms with Crippen molar-refractivity contribution in [2.75, 3.05) is 6.61 Å². The fourth-order valence-electron chi connectivity index (χ4n) is 2.09. The van der Waals surface area contributed by atoms with Crippen LogP contribution in [0, 0.1) is 15.5 Å². The molecule has 1 unspecified atom stereocenters. The molecule has 6 heteroatoms. The van der Waals surface area contributed by atoms with Gasteiger partial charge in [-0.25, -0.2) is 0 Å². The van der Waals surface area contributed by atoms with Crippen LogP contribution in [0.2, 0.25) is 5.02 Å². The predicted octanol–water partition coefficient (Wildman–Crippen LogP) is 3.13. The van der Waals surface area contributed by atoms with E-state index in [0.29, 0.717) is 23.6 Å². The Morgan fingerprint density at radius 2 is 2.10 bits per heavy atom. The molecule has 0 aliphatic rings. The lowest BCUT2D eigenvalue weighted by atomic mass is 9.85. The Balaban J connectivity index is 2.91. The highest BCUT2D eigenvalue weighted by molar-refractivity contribution is 6.31. The molecule has 0 saturated heterocycles. The summed E-state index contributed by atoms with van der Waals surface area (Å²) in [5.41, 5.74) is 0.437. The van der Waals surface area contributed by atoms with Crippen molar-refractivity contribution in [1.82, 2.24) is 5.32 Å². The van der Waals surface area contributed by atoms with Crippen molar-refractivity contribution in [2.24, 2.45) is 5.41 Å². The van der Waals surface area contributed by atoms with Crippen LogP contribution >= 0.6 is 11.6 Å². The monoisotopic (exact) mass is 300 g/mol. The normalized spacial score (nSPS) is 13.2. The third kappa shape index (κ3) is 4.44. The summed E-state index contributed by atoms with van der Waals surface area (Å²) in [5, 5.41) is 23.8. The summed E-state index contributed by atoms with van der Waals surface area (Å²) in [6.45, 7) is 6.54. The lowest BCUT2D eigenvalue weighted by Gasteiger charge is -2.31. The maximum Gasteiger partial charge on any atom is 0.275 e. The van der Waals surface area contributed by atoms with E-state index in [-0.39, 0.29) is 23.8 Å². The molecule has 2 N–H and O–H groups in total. The number of nitro benzene ring substituents is 1. The van der Waals surface area contributed by atoms with Gasteiger partial charge in [-0.3, -0.25) is 10.1 Å². The predicted molar refractivity (Wildman–Crippen MR) is 79.9 cm³/mol. The second-order valence-corrected chi connectivity index (χ2v) is 6.21. The van der Waals surface area contributed by atoms with Crippen LogP contribution in [0.3, 0.4) is 0 Å². The zero-order valence-electron chi connectivity index (χ0n) is 12.0. The minimum absolute atomic E-state index is 0.0154. The van der Waals surface area contributed by atoms with Gasteiger partial charge in [0.15, 0.2) is 0 Å². The number of nitro groups is 1. The fraction of sp³-hybridized carbons (Fsp3) is 0.571. The zero-order chi connectivity index (χ0) is 15.3. The van der Waals surface area contributed by atoms with E-state index in [1.807, 2.05) is 0 Å². The molecule has 0 radical (unpaired) electrons. The molecule has 112 valence electrons. The summed E-state index contributed by atoms with van der Waals surface area (Å²) in [7, 11) is 0. The summed E-state index contributed by atoms with van der Waals surface area (Å²) in [4.78, 5) is 10.6. The third-order valence-electron chi connectivity index (χ3n) is 3.28. The van der Waals surface area contributed by atoms with Gasteiger partial charge in [-0.2, -0.15) is 0 Å². The molecule has 5 nitrogen and oxygen atoms in total. The van der Waals surface area contributed by atoms with Crippen molar-refractivity contribution in [2.45, 2.75) is 39.8 Å². The lowest BCUT2D eigenvalue weighted by Crippen LogP contribution is -2.40. The molecule has 0 saturated carbocycles. The van der Waals surface area contributed by atoms with Gasteiger partial charge in [0.25, 0.3) is 5.69 Å². The summed E-state index contributed by atoms with van der Waals surface area (Å²) in [6.07, 6.45) is 0.585. The third-order valence-corrected chi connectivity index (χ3v) is 3.63. The molecule has 0 spiro atoms. The zero-order valence-corrected chi connectivity index (χ0v) is 12.8. The lowest BCUT2D eigenvalue weighted by molar-refractivity contribution is -0.385. The quantitative estimate of drug-likeness (QED) is 0.625. The first-order valence-electron chi connectivity index (χ1n) is 6.53. The number of aliphatic hydroxyl groups is 1. The van der Waals surface area contributed by atoms with Gasteiger partial charge in [-0.15, -0.1) is 0 Å². The minimum atomic E-state index is -0.430. The molecule has 0 heterocycles. The smallest absolute Gasteiger partial charge is 0.275 e. The summed E-state index contributed by atoms with van der Waals surface area (Å²) in [5.74, 6) is 0. The van der Waals surface area contributed by atoms with E-state index in [1.54, 1.807) is 12.1 Å². The molecule has 1 aromatic carbocycles. The van der Waals surface area contributed by atoms with E-state index in [1.165, 1.54) is 6.07 Å². The summed E-state index contributed by atoms with van der Waals surface area (Å²) in [6, 6.07) is 4.70. The van der Waals surface area contributed by atoms with Crippen LogP contribution in [0.25, 0.3) is 0 Å². The molecule has 0 aliphatic heterocycles. The van der Waals surface area contributed by atoms with E-state index < -0.39 is 4.92 Å². The first-order valence-corrected chi connectivity index (χ1v) is 6.91. The van der Waals surface area contributed by atoms with Gasteiger partial charge >= 0.3 is 0 Å². The Hall–Kier alpha value is -1.17. The molecule has 0 fully saturated rings. The maximum absolute atomic E-state index is 11.0. The highest BCUT2D eigenvalue weighted by Gasteiger charge is 2.25. The van der Waals surface area contributed by atoms with E-state index in [4.69, 9.17) is 16.7 Å². The molecule has 1 atom stereocenters. The molecular weight excluding hydrogens is 280 g/mol. The van der Waals surface area contributed by atoms with Crippen LogP contribution in [-0.4, -0.2) is 22.7 Å². The Labute approximate surface area is 124 Å². The van der Waals surface area contributed by atoms with Crippen molar-refractivity contribution >= 4 is 17.3 Å². The second-order valence-electron chi connectivity index (χ2n) is 5.81. The number of aliphatic hydroxyl groups excluding tert-OH is 1. The standard InChI is InChI=1S/C14H21ClN2O3/c1-14(2,3)13(7-8-18)16-9-10-11(15)5-4-6-12(10)17(19)20/h4-6,13,16,18H,7-9H2,1-3H3. The van der Waals surface area contributed by atoms with E-state index in [0.717, 1.165) is 0 Å². The van der Waals surface area contributed by atoms with Crippen molar-refractivity contribution in [3.05, 3.63) is 38.9 Å². The molecular formula is C14H21ClN2O3. The Morgan fingerprint density at radius 1 is 1.45 bits per heavy atom. The number of hydrogen-bond acceptors (Lipinski definition) is 4. The first-order chi connectivity index (χ1) is 9.27. The minimum Gasteiger partial charge on any atom is -0.396 e. The number of halogens is 1. The highest BCUT2D eigenvalue weighted by atomic mass is 35.5. The summed E-state index contributed by atoms with van der Waals surface area (Å²) < 4.78 is 0. The topological polar surface area (TPSA) is 75.4 Å². The van der Waals surface area contributed by atoms with E-state index in [2.05, 4.69) is 26.1 Å². The van der Waals surface area contributed by atoms with Gasteiger partial charge in [0.1, 0.15) is 0 Å². The number of benzene rings is 1. The largest absolute Gasteiger partial charge is 0.396 e. The van der Waals surface area contributed by atoms with E-state index >= 15 is 0 Å². The van der Waals surface area contributed by atoms with Crippen LogP contribution in [0.1, 0.15) is 32.8 Å². The highest BCUT2D eigenvalue weighted by Crippen LogP contribution is 2.28. The maximum atomic E-state index is 11.0.